The molecule has 3 aromatic rings. The van der Waals surface area contributed by atoms with E-state index in [4.69, 9.17) is 25.8 Å². The average Bonchev–Trinajstić information content (AvgIpc) is 2.78. The Morgan fingerprint density at radius 3 is 2.75 bits per heavy atom. The SMILES string of the molecule is COCCOc1ccc(Cl)c(-c2ccc(OC3CC(C(=O)Cc4cccnn4)C3)nc2)c1. The van der Waals surface area contributed by atoms with Crippen LogP contribution in [0, 0.1) is 5.92 Å². The highest BCUT2D eigenvalue weighted by molar-refractivity contribution is 6.33. The first-order valence-electron chi connectivity index (χ1n) is 10.5. The summed E-state index contributed by atoms with van der Waals surface area (Å²) < 4.78 is 16.6. The van der Waals surface area contributed by atoms with Crippen molar-refractivity contribution in [2.24, 2.45) is 5.92 Å². The lowest BCUT2D eigenvalue weighted by molar-refractivity contribution is -0.127. The van der Waals surface area contributed by atoms with Gasteiger partial charge in [0.05, 0.1) is 18.7 Å². The normalized spacial score (nSPS) is 17.4. The second kappa shape index (κ2) is 10.5. The summed E-state index contributed by atoms with van der Waals surface area (Å²) in [6.45, 7) is 0.978. The molecule has 7 nitrogen and oxygen atoms in total. The lowest BCUT2D eigenvalue weighted by Crippen LogP contribution is -2.39. The number of methoxy groups -OCH3 is 1. The topological polar surface area (TPSA) is 83.4 Å². The van der Waals surface area contributed by atoms with Gasteiger partial charge in [0.1, 0.15) is 24.2 Å². The second-order valence-corrected chi connectivity index (χ2v) is 8.04. The van der Waals surface area contributed by atoms with E-state index in [0.29, 0.717) is 54.8 Å². The summed E-state index contributed by atoms with van der Waals surface area (Å²) in [4.78, 5) is 16.8. The first kappa shape index (κ1) is 22.2. The smallest absolute Gasteiger partial charge is 0.213 e. The van der Waals surface area contributed by atoms with Crippen molar-refractivity contribution < 1.29 is 19.0 Å². The number of aromatic nitrogens is 3. The molecule has 32 heavy (non-hydrogen) atoms. The minimum absolute atomic E-state index is 0.000865. The van der Waals surface area contributed by atoms with Gasteiger partial charge in [0.2, 0.25) is 5.88 Å². The summed E-state index contributed by atoms with van der Waals surface area (Å²) in [6, 6.07) is 12.8. The van der Waals surface area contributed by atoms with E-state index in [9.17, 15) is 4.79 Å². The van der Waals surface area contributed by atoms with E-state index in [0.717, 1.165) is 11.1 Å². The number of hydrogen-bond donors (Lipinski definition) is 0. The van der Waals surface area contributed by atoms with Gasteiger partial charge in [-0.1, -0.05) is 11.6 Å². The Morgan fingerprint density at radius 1 is 1.16 bits per heavy atom. The number of ether oxygens (including phenoxy) is 3. The molecule has 0 spiro atoms. The number of halogens is 1. The quantitative estimate of drug-likeness (QED) is 0.425. The summed E-state index contributed by atoms with van der Waals surface area (Å²) in [7, 11) is 1.63. The van der Waals surface area contributed by atoms with Crippen LogP contribution in [0.25, 0.3) is 11.1 Å². The number of benzene rings is 1. The Labute approximate surface area is 191 Å². The zero-order valence-corrected chi connectivity index (χ0v) is 18.5. The number of carbonyl (C=O) groups is 1. The van der Waals surface area contributed by atoms with Crippen molar-refractivity contribution in [3.05, 3.63) is 65.6 Å². The van der Waals surface area contributed by atoms with Gasteiger partial charge in [0, 0.05) is 47.6 Å². The molecular weight excluding hydrogens is 430 g/mol. The number of rotatable bonds is 10. The van der Waals surface area contributed by atoms with Crippen LogP contribution in [0.5, 0.6) is 11.6 Å². The molecule has 0 saturated heterocycles. The molecule has 8 heteroatoms. The Hall–Kier alpha value is -3.03. The van der Waals surface area contributed by atoms with Crippen LogP contribution in [0.4, 0.5) is 0 Å². The van der Waals surface area contributed by atoms with Gasteiger partial charge >= 0.3 is 0 Å². The second-order valence-electron chi connectivity index (χ2n) is 7.63. The molecule has 1 saturated carbocycles. The summed E-state index contributed by atoms with van der Waals surface area (Å²) >= 11 is 6.37. The predicted octanol–water partition coefficient (Wildman–Crippen LogP) is 4.19. The highest BCUT2D eigenvalue weighted by Gasteiger charge is 2.36. The van der Waals surface area contributed by atoms with Gasteiger partial charge in [0.15, 0.2) is 0 Å². The van der Waals surface area contributed by atoms with Crippen molar-refractivity contribution in [1.82, 2.24) is 15.2 Å². The van der Waals surface area contributed by atoms with Gasteiger partial charge in [0.25, 0.3) is 0 Å². The van der Waals surface area contributed by atoms with Gasteiger partial charge in [-0.2, -0.15) is 10.2 Å². The molecule has 1 aliphatic carbocycles. The lowest BCUT2D eigenvalue weighted by Gasteiger charge is -2.33. The van der Waals surface area contributed by atoms with Crippen molar-refractivity contribution in [2.45, 2.75) is 25.4 Å². The van der Waals surface area contributed by atoms with E-state index in [1.165, 1.54) is 0 Å². The van der Waals surface area contributed by atoms with Gasteiger partial charge in [-0.05, 0) is 49.2 Å². The van der Waals surface area contributed by atoms with Crippen LogP contribution in [0.3, 0.4) is 0 Å². The maximum atomic E-state index is 12.4. The molecule has 0 aliphatic heterocycles. The van der Waals surface area contributed by atoms with Crippen molar-refractivity contribution >= 4 is 17.4 Å². The molecule has 0 radical (unpaired) electrons. The fraction of sp³-hybridized carbons (Fsp3) is 0.333. The number of nitrogens with zero attached hydrogens (tertiary/aromatic N) is 3. The summed E-state index contributed by atoms with van der Waals surface area (Å²) in [5.74, 6) is 1.42. The van der Waals surface area contributed by atoms with Crippen molar-refractivity contribution in [3.8, 4) is 22.8 Å². The molecule has 166 valence electrons. The molecule has 1 aliphatic rings. The molecule has 1 aromatic carbocycles. The minimum atomic E-state index is -0.00902. The third-order valence-electron chi connectivity index (χ3n) is 5.36. The number of carbonyl (C=O) groups excluding carboxylic acids is 1. The predicted molar refractivity (Wildman–Crippen MR) is 120 cm³/mol. The highest BCUT2D eigenvalue weighted by atomic mass is 35.5. The van der Waals surface area contributed by atoms with E-state index in [1.54, 1.807) is 31.6 Å². The maximum Gasteiger partial charge on any atom is 0.213 e. The van der Waals surface area contributed by atoms with E-state index in [2.05, 4.69) is 15.2 Å². The average molecular weight is 454 g/mol. The summed E-state index contributed by atoms with van der Waals surface area (Å²) in [5.41, 5.74) is 2.40. The first-order valence-corrected chi connectivity index (χ1v) is 10.8. The van der Waals surface area contributed by atoms with Crippen molar-refractivity contribution in [3.63, 3.8) is 0 Å². The molecule has 1 fully saturated rings. The molecule has 0 amide bonds. The lowest BCUT2D eigenvalue weighted by atomic mass is 9.78. The van der Waals surface area contributed by atoms with Gasteiger partial charge in [-0.25, -0.2) is 4.98 Å². The fourth-order valence-corrected chi connectivity index (χ4v) is 3.74. The van der Waals surface area contributed by atoms with Crippen LogP contribution in [-0.4, -0.2) is 47.4 Å². The molecule has 0 bridgehead atoms. The van der Waals surface area contributed by atoms with Crippen LogP contribution in [0.15, 0.2) is 54.9 Å². The largest absolute Gasteiger partial charge is 0.491 e. The van der Waals surface area contributed by atoms with Gasteiger partial charge in [-0.3, -0.25) is 4.79 Å². The monoisotopic (exact) mass is 453 g/mol. The third-order valence-corrected chi connectivity index (χ3v) is 5.69. The maximum absolute atomic E-state index is 12.4. The summed E-state index contributed by atoms with van der Waals surface area (Å²) in [5, 5.41) is 8.40. The van der Waals surface area contributed by atoms with Crippen LogP contribution in [0.1, 0.15) is 18.5 Å². The van der Waals surface area contributed by atoms with Crippen LogP contribution in [-0.2, 0) is 16.0 Å². The zero-order valence-electron chi connectivity index (χ0n) is 17.7. The number of Topliss-reactive ketones (excluding diaryl/α,β-unsaturated/α-hetero) is 1. The molecular formula is C24H24ClN3O4. The molecule has 0 atom stereocenters. The highest BCUT2D eigenvalue weighted by Crippen LogP contribution is 2.34. The van der Waals surface area contributed by atoms with E-state index >= 15 is 0 Å². The minimum Gasteiger partial charge on any atom is -0.491 e. The van der Waals surface area contributed by atoms with Crippen molar-refractivity contribution in [2.75, 3.05) is 20.3 Å². The first-order chi connectivity index (χ1) is 15.6. The van der Waals surface area contributed by atoms with Crippen molar-refractivity contribution in [1.29, 1.82) is 0 Å². The fourth-order valence-electron chi connectivity index (χ4n) is 3.51. The van der Waals surface area contributed by atoms with Gasteiger partial charge in [-0.15, -0.1) is 0 Å². The molecule has 4 rings (SSSR count). The van der Waals surface area contributed by atoms with Crippen LogP contribution >= 0.6 is 11.6 Å². The zero-order chi connectivity index (χ0) is 22.3. The number of pyridine rings is 1. The third kappa shape index (κ3) is 5.60. The molecule has 2 aromatic heterocycles. The Balaban J connectivity index is 1.30. The Kier molecular flexibility index (Phi) is 7.29. The van der Waals surface area contributed by atoms with E-state index < -0.39 is 0 Å². The van der Waals surface area contributed by atoms with E-state index in [1.807, 2.05) is 30.3 Å². The van der Waals surface area contributed by atoms with Gasteiger partial charge < -0.3 is 14.2 Å². The van der Waals surface area contributed by atoms with Crippen LogP contribution in [0.2, 0.25) is 5.02 Å². The molecule has 2 heterocycles. The Bertz CT molecular complexity index is 1040. The molecule has 0 N–H and O–H groups in total. The van der Waals surface area contributed by atoms with E-state index in [-0.39, 0.29) is 17.8 Å². The van der Waals surface area contributed by atoms with Crippen LogP contribution < -0.4 is 9.47 Å². The number of ketones is 1. The number of hydrogen-bond acceptors (Lipinski definition) is 7. The standard InChI is InChI=1S/C24H24ClN3O4/c1-30-9-10-31-19-5-6-22(25)21(14-19)16-4-7-24(26-15-16)32-20-11-17(12-20)23(29)13-18-3-2-8-27-28-18/h2-8,14-15,17,20H,9-13H2,1H3. The molecule has 0 unspecified atom stereocenters. The summed E-state index contributed by atoms with van der Waals surface area (Å²) in [6.07, 6.45) is 5.01. The Morgan fingerprint density at radius 2 is 2.03 bits per heavy atom.